The number of nitrogens with zero attached hydrogens (tertiary/aromatic N) is 4. The molecule has 0 spiro atoms. The number of ether oxygens (including phenoxy) is 1. The van der Waals surface area contributed by atoms with Crippen LogP contribution in [0.5, 0.6) is 5.75 Å². The van der Waals surface area contributed by atoms with E-state index in [2.05, 4.69) is 9.97 Å². The van der Waals surface area contributed by atoms with E-state index in [1.807, 2.05) is 12.1 Å². The van der Waals surface area contributed by atoms with Crippen molar-refractivity contribution in [3.05, 3.63) is 71.9 Å². The largest absolute Gasteiger partial charge is 0.492 e. The molecular weight excluding hydrogens is 340 g/mol. The molecule has 0 N–H and O–H groups in total. The molecule has 2 heterocycles. The van der Waals surface area contributed by atoms with Crippen molar-refractivity contribution in [2.75, 3.05) is 20.2 Å². The lowest BCUT2D eigenvalue weighted by Crippen LogP contribution is -2.31. The van der Waals surface area contributed by atoms with Crippen LogP contribution in [-0.4, -0.2) is 45.5 Å². The fourth-order valence-corrected chi connectivity index (χ4v) is 2.42. The molecule has 0 aliphatic carbocycles. The van der Waals surface area contributed by atoms with Gasteiger partial charge in [-0.25, -0.2) is 9.97 Å². The molecule has 1 aromatic carbocycles. The molecule has 0 aliphatic rings. The van der Waals surface area contributed by atoms with Crippen LogP contribution in [0.25, 0.3) is 5.82 Å². The third kappa shape index (κ3) is 4.36. The van der Waals surface area contributed by atoms with E-state index in [1.54, 1.807) is 65.7 Å². The number of benzene rings is 1. The number of carbonyl (C=O) groups is 1. The van der Waals surface area contributed by atoms with Crippen LogP contribution >= 0.6 is 11.6 Å². The number of rotatable bonds is 6. The number of halogens is 1. The van der Waals surface area contributed by atoms with Gasteiger partial charge in [0, 0.05) is 30.7 Å². The van der Waals surface area contributed by atoms with Crippen molar-refractivity contribution in [2.45, 2.75) is 0 Å². The number of hydrogen-bond acceptors (Lipinski definition) is 4. The molecule has 0 bridgehead atoms. The highest BCUT2D eigenvalue weighted by Gasteiger charge is 2.12. The zero-order valence-corrected chi connectivity index (χ0v) is 14.4. The van der Waals surface area contributed by atoms with E-state index in [0.717, 1.165) is 0 Å². The van der Waals surface area contributed by atoms with E-state index < -0.39 is 0 Å². The molecule has 0 atom stereocenters. The number of likely N-dealkylation sites (N-methyl/N-ethyl adjacent to an activating group) is 1. The Morgan fingerprint density at radius 1 is 1.32 bits per heavy atom. The molecule has 0 unspecified atom stereocenters. The number of pyridine rings is 1. The van der Waals surface area contributed by atoms with Gasteiger partial charge in [-0.15, -0.1) is 0 Å². The fourth-order valence-electron chi connectivity index (χ4n) is 2.24. The molecule has 2 aromatic heterocycles. The van der Waals surface area contributed by atoms with Gasteiger partial charge in [-0.1, -0.05) is 17.7 Å². The summed E-state index contributed by atoms with van der Waals surface area (Å²) >= 11 is 5.91. The van der Waals surface area contributed by atoms with Gasteiger partial charge in [-0.3, -0.25) is 9.36 Å². The second-order valence-corrected chi connectivity index (χ2v) is 5.84. The van der Waals surface area contributed by atoms with Gasteiger partial charge in [0.1, 0.15) is 24.5 Å². The summed E-state index contributed by atoms with van der Waals surface area (Å²) in [5.41, 5.74) is 0.522. The lowest BCUT2D eigenvalue weighted by Gasteiger charge is -2.17. The molecular formula is C18H17ClN4O2. The smallest absolute Gasteiger partial charge is 0.255 e. The number of hydrogen-bond donors (Lipinski definition) is 0. The highest BCUT2D eigenvalue weighted by molar-refractivity contribution is 6.30. The van der Waals surface area contributed by atoms with Crippen LogP contribution in [0.3, 0.4) is 0 Å². The van der Waals surface area contributed by atoms with Gasteiger partial charge in [0.15, 0.2) is 0 Å². The summed E-state index contributed by atoms with van der Waals surface area (Å²) in [6, 6.07) is 10.7. The molecule has 128 valence electrons. The van der Waals surface area contributed by atoms with Gasteiger partial charge >= 0.3 is 0 Å². The van der Waals surface area contributed by atoms with Crippen LogP contribution in [0, 0.1) is 0 Å². The van der Waals surface area contributed by atoms with Gasteiger partial charge < -0.3 is 9.64 Å². The van der Waals surface area contributed by atoms with Crippen molar-refractivity contribution in [1.29, 1.82) is 0 Å². The van der Waals surface area contributed by atoms with Crippen LogP contribution in [0.4, 0.5) is 0 Å². The quantitative estimate of drug-likeness (QED) is 0.681. The number of carbonyl (C=O) groups excluding carboxylic acids is 1. The summed E-state index contributed by atoms with van der Waals surface area (Å²) in [5.74, 6) is 1.28. The van der Waals surface area contributed by atoms with E-state index in [4.69, 9.17) is 16.3 Å². The highest BCUT2D eigenvalue weighted by Crippen LogP contribution is 2.17. The topological polar surface area (TPSA) is 60.2 Å². The van der Waals surface area contributed by atoms with Gasteiger partial charge in [0.2, 0.25) is 0 Å². The Kier molecular flexibility index (Phi) is 5.30. The van der Waals surface area contributed by atoms with Crippen molar-refractivity contribution in [2.24, 2.45) is 0 Å². The minimum atomic E-state index is -0.112. The second kappa shape index (κ2) is 7.81. The number of amides is 1. The van der Waals surface area contributed by atoms with Crippen molar-refractivity contribution >= 4 is 17.5 Å². The van der Waals surface area contributed by atoms with Gasteiger partial charge in [0.25, 0.3) is 5.91 Å². The standard InChI is InChI=1S/C18H17ClN4O2/c1-22(9-10-25-16-4-2-3-15(19)11-16)18(24)14-5-6-17(21-12-14)23-8-7-20-13-23/h2-8,11-13H,9-10H2,1H3. The molecule has 0 saturated carbocycles. The van der Waals surface area contributed by atoms with Crippen molar-refractivity contribution in [3.63, 3.8) is 0 Å². The first-order valence-corrected chi connectivity index (χ1v) is 8.09. The molecule has 7 heteroatoms. The molecule has 0 radical (unpaired) electrons. The van der Waals surface area contributed by atoms with Crippen LogP contribution in [0.1, 0.15) is 10.4 Å². The second-order valence-electron chi connectivity index (χ2n) is 5.41. The molecule has 0 saturated heterocycles. The summed E-state index contributed by atoms with van der Waals surface area (Å²) in [6.07, 6.45) is 6.69. The molecule has 3 rings (SSSR count). The zero-order chi connectivity index (χ0) is 17.6. The Morgan fingerprint density at radius 3 is 2.88 bits per heavy atom. The van der Waals surface area contributed by atoms with E-state index >= 15 is 0 Å². The van der Waals surface area contributed by atoms with Crippen LogP contribution in [0.15, 0.2) is 61.3 Å². The lowest BCUT2D eigenvalue weighted by molar-refractivity contribution is 0.0773. The predicted octanol–water partition coefficient (Wildman–Crippen LogP) is 3.07. The summed E-state index contributed by atoms with van der Waals surface area (Å²) in [7, 11) is 1.73. The average Bonchev–Trinajstić information content (AvgIpc) is 3.16. The number of imidazole rings is 1. The van der Waals surface area contributed by atoms with Crippen molar-refractivity contribution in [1.82, 2.24) is 19.4 Å². The van der Waals surface area contributed by atoms with E-state index in [-0.39, 0.29) is 5.91 Å². The first kappa shape index (κ1) is 17.0. The van der Waals surface area contributed by atoms with E-state index in [9.17, 15) is 4.79 Å². The van der Waals surface area contributed by atoms with Crippen LogP contribution in [-0.2, 0) is 0 Å². The zero-order valence-electron chi connectivity index (χ0n) is 13.7. The lowest BCUT2D eigenvalue weighted by atomic mass is 10.2. The molecule has 6 nitrogen and oxygen atoms in total. The fraction of sp³-hybridized carbons (Fsp3) is 0.167. The summed E-state index contributed by atoms with van der Waals surface area (Å²) in [5, 5.41) is 0.617. The Hall–Kier alpha value is -2.86. The third-order valence-corrected chi connectivity index (χ3v) is 3.84. The molecule has 0 fully saturated rings. The molecule has 3 aromatic rings. The Morgan fingerprint density at radius 2 is 2.20 bits per heavy atom. The van der Waals surface area contributed by atoms with Gasteiger partial charge in [-0.05, 0) is 30.3 Å². The predicted molar refractivity (Wildman–Crippen MR) is 95.3 cm³/mol. The summed E-state index contributed by atoms with van der Waals surface area (Å²) in [4.78, 5) is 22.3. The normalized spacial score (nSPS) is 10.5. The summed E-state index contributed by atoms with van der Waals surface area (Å²) in [6.45, 7) is 0.831. The Bertz CT molecular complexity index is 835. The summed E-state index contributed by atoms with van der Waals surface area (Å²) < 4.78 is 7.38. The van der Waals surface area contributed by atoms with Crippen molar-refractivity contribution < 1.29 is 9.53 Å². The maximum Gasteiger partial charge on any atom is 0.255 e. The molecule has 0 aliphatic heterocycles. The minimum Gasteiger partial charge on any atom is -0.492 e. The highest BCUT2D eigenvalue weighted by atomic mass is 35.5. The van der Waals surface area contributed by atoms with E-state index in [0.29, 0.717) is 35.3 Å². The minimum absolute atomic E-state index is 0.112. The first-order valence-electron chi connectivity index (χ1n) is 7.72. The first-order chi connectivity index (χ1) is 12.1. The van der Waals surface area contributed by atoms with Crippen LogP contribution in [0.2, 0.25) is 5.02 Å². The molecule has 25 heavy (non-hydrogen) atoms. The van der Waals surface area contributed by atoms with Gasteiger partial charge in [-0.2, -0.15) is 0 Å². The maximum absolute atomic E-state index is 12.4. The van der Waals surface area contributed by atoms with Crippen molar-refractivity contribution in [3.8, 4) is 11.6 Å². The maximum atomic E-state index is 12.4. The SMILES string of the molecule is CN(CCOc1cccc(Cl)c1)C(=O)c1ccc(-n2ccnc2)nc1. The van der Waals surface area contributed by atoms with Gasteiger partial charge in [0.05, 0.1) is 12.1 Å². The Balaban J connectivity index is 1.55. The third-order valence-electron chi connectivity index (χ3n) is 3.60. The Labute approximate surface area is 150 Å². The van der Waals surface area contributed by atoms with Crippen LogP contribution < -0.4 is 4.74 Å². The number of aromatic nitrogens is 3. The monoisotopic (exact) mass is 356 g/mol. The molecule has 1 amide bonds. The average molecular weight is 357 g/mol. The van der Waals surface area contributed by atoms with E-state index in [1.165, 1.54) is 0 Å².